The summed E-state index contributed by atoms with van der Waals surface area (Å²) in [5, 5.41) is 0. The minimum absolute atomic E-state index is 0.258. The summed E-state index contributed by atoms with van der Waals surface area (Å²) in [6.45, 7) is 1.85. The molecule has 1 heterocycles. The van der Waals surface area contributed by atoms with E-state index in [1.165, 1.54) is 25.7 Å². The van der Waals surface area contributed by atoms with E-state index in [-0.39, 0.29) is 5.91 Å². The molecule has 0 unspecified atom stereocenters. The van der Waals surface area contributed by atoms with E-state index in [1.54, 1.807) is 7.11 Å². The fourth-order valence-electron chi connectivity index (χ4n) is 3.97. The van der Waals surface area contributed by atoms with Crippen LogP contribution in [0.25, 0.3) is 0 Å². The number of amides is 1. The number of benzene rings is 1. The zero-order valence-corrected chi connectivity index (χ0v) is 14.5. The van der Waals surface area contributed by atoms with Crippen LogP contribution in [0.4, 0.5) is 0 Å². The van der Waals surface area contributed by atoms with Gasteiger partial charge < -0.3 is 14.5 Å². The van der Waals surface area contributed by atoms with Crippen LogP contribution in [-0.4, -0.2) is 56.0 Å². The number of ether oxygens (including phenoxy) is 1. The van der Waals surface area contributed by atoms with Crippen LogP contribution >= 0.6 is 0 Å². The Bertz CT molecular complexity index is 537. The molecule has 0 aromatic heterocycles. The molecule has 2 aliphatic rings. The Morgan fingerprint density at radius 2 is 1.83 bits per heavy atom. The minimum atomic E-state index is 0.258. The van der Waals surface area contributed by atoms with E-state index in [0.29, 0.717) is 11.8 Å². The average molecular weight is 316 g/mol. The maximum absolute atomic E-state index is 12.5. The summed E-state index contributed by atoms with van der Waals surface area (Å²) in [5.41, 5.74) is 1.58. The van der Waals surface area contributed by atoms with E-state index < -0.39 is 0 Å². The number of likely N-dealkylation sites (tertiary alicyclic amines) is 1. The van der Waals surface area contributed by atoms with Crippen molar-refractivity contribution in [2.45, 2.75) is 38.1 Å². The first-order chi connectivity index (χ1) is 11.0. The van der Waals surface area contributed by atoms with Gasteiger partial charge in [-0.2, -0.15) is 0 Å². The summed E-state index contributed by atoms with van der Waals surface area (Å²) in [6, 6.07) is 8.55. The van der Waals surface area contributed by atoms with Crippen molar-refractivity contribution in [3.8, 4) is 5.75 Å². The molecule has 1 amide bonds. The van der Waals surface area contributed by atoms with Gasteiger partial charge in [0, 0.05) is 19.1 Å². The molecule has 1 aromatic rings. The second kappa shape index (κ2) is 6.52. The predicted octanol–water partition coefficient (Wildman–Crippen LogP) is 2.57. The number of hydrogen-bond acceptors (Lipinski definition) is 3. The molecule has 2 fully saturated rings. The van der Waals surface area contributed by atoms with Gasteiger partial charge in [-0.3, -0.25) is 4.79 Å². The number of piperidine rings is 1. The van der Waals surface area contributed by atoms with E-state index in [1.807, 2.05) is 24.3 Å². The summed E-state index contributed by atoms with van der Waals surface area (Å²) in [6.07, 6.45) is 5.45. The van der Waals surface area contributed by atoms with Crippen molar-refractivity contribution in [1.29, 1.82) is 0 Å². The number of nitrogens with zero attached hydrogens (tertiary/aromatic N) is 2. The molecule has 23 heavy (non-hydrogen) atoms. The summed E-state index contributed by atoms with van der Waals surface area (Å²) >= 11 is 0. The Hall–Kier alpha value is -1.55. The van der Waals surface area contributed by atoms with Crippen LogP contribution in [0.2, 0.25) is 0 Å². The smallest absolute Gasteiger partial charge is 0.226 e. The molecule has 126 valence electrons. The summed E-state index contributed by atoms with van der Waals surface area (Å²) < 4.78 is 5.16. The maximum atomic E-state index is 12.5. The fourth-order valence-corrected chi connectivity index (χ4v) is 3.97. The van der Waals surface area contributed by atoms with Gasteiger partial charge in [-0.05, 0) is 62.9 Å². The molecule has 4 nitrogen and oxygen atoms in total. The molecule has 1 aromatic carbocycles. The number of hydrogen-bond donors (Lipinski definition) is 0. The highest BCUT2D eigenvalue weighted by Crippen LogP contribution is 2.50. The largest absolute Gasteiger partial charge is 0.497 e. The topological polar surface area (TPSA) is 32.8 Å². The summed E-state index contributed by atoms with van der Waals surface area (Å²) in [7, 11) is 6.00. The van der Waals surface area contributed by atoms with E-state index in [2.05, 4.69) is 23.9 Å². The Balaban J connectivity index is 1.48. The predicted molar refractivity (Wildman–Crippen MR) is 91.7 cm³/mol. The van der Waals surface area contributed by atoms with Crippen molar-refractivity contribution in [1.82, 2.24) is 9.80 Å². The standard InChI is InChI=1S/C19H28N2O2/c1-20(2)16-13-19(14-16)8-10-21(11-9-19)18(22)12-15-4-6-17(23-3)7-5-15/h4-7,16H,8-14H2,1-3H3. The van der Waals surface area contributed by atoms with Crippen LogP contribution in [0.15, 0.2) is 24.3 Å². The lowest BCUT2D eigenvalue weighted by Gasteiger charge is -2.54. The zero-order valence-electron chi connectivity index (χ0n) is 14.5. The van der Waals surface area contributed by atoms with Gasteiger partial charge in [0.1, 0.15) is 5.75 Å². The van der Waals surface area contributed by atoms with Gasteiger partial charge in [-0.1, -0.05) is 12.1 Å². The van der Waals surface area contributed by atoms with Gasteiger partial charge in [0.2, 0.25) is 5.91 Å². The molecule has 4 heteroatoms. The van der Waals surface area contributed by atoms with Crippen LogP contribution in [-0.2, 0) is 11.2 Å². The van der Waals surface area contributed by atoms with Gasteiger partial charge in [0.05, 0.1) is 13.5 Å². The molecule has 1 saturated carbocycles. The molecule has 1 saturated heterocycles. The Morgan fingerprint density at radius 1 is 1.22 bits per heavy atom. The number of methoxy groups -OCH3 is 1. The molecule has 3 rings (SSSR count). The molecule has 0 N–H and O–H groups in total. The van der Waals surface area contributed by atoms with Crippen molar-refractivity contribution < 1.29 is 9.53 Å². The molecule has 0 radical (unpaired) electrons. The quantitative estimate of drug-likeness (QED) is 0.856. The van der Waals surface area contributed by atoms with Crippen LogP contribution < -0.4 is 4.74 Å². The SMILES string of the molecule is COc1ccc(CC(=O)N2CCC3(CC2)CC(N(C)C)C3)cc1. The molecule has 1 spiro atoms. The first kappa shape index (κ1) is 16.3. The van der Waals surface area contributed by atoms with E-state index >= 15 is 0 Å². The van der Waals surface area contributed by atoms with Gasteiger partial charge in [-0.25, -0.2) is 0 Å². The van der Waals surface area contributed by atoms with Crippen LogP contribution in [0.5, 0.6) is 5.75 Å². The van der Waals surface area contributed by atoms with Gasteiger partial charge >= 0.3 is 0 Å². The van der Waals surface area contributed by atoms with E-state index in [0.717, 1.165) is 30.4 Å². The first-order valence-electron chi connectivity index (χ1n) is 8.58. The van der Waals surface area contributed by atoms with Crippen molar-refractivity contribution in [2.75, 3.05) is 34.3 Å². The van der Waals surface area contributed by atoms with Gasteiger partial charge in [0.15, 0.2) is 0 Å². The van der Waals surface area contributed by atoms with Gasteiger partial charge in [0.25, 0.3) is 0 Å². The van der Waals surface area contributed by atoms with Crippen molar-refractivity contribution in [2.24, 2.45) is 5.41 Å². The van der Waals surface area contributed by atoms with Crippen molar-refractivity contribution in [3.05, 3.63) is 29.8 Å². The third kappa shape index (κ3) is 3.52. The Labute approximate surface area is 139 Å². The van der Waals surface area contributed by atoms with Crippen molar-refractivity contribution >= 4 is 5.91 Å². The van der Waals surface area contributed by atoms with Crippen molar-refractivity contribution in [3.63, 3.8) is 0 Å². The molecule has 0 bridgehead atoms. The fraction of sp³-hybridized carbons (Fsp3) is 0.632. The first-order valence-corrected chi connectivity index (χ1v) is 8.58. The molecule has 1 aliphatic heterocycles. The number of carbonyl (C=O) groups is 1. The van der Waals surface area contributed by atoms with Crippen LogP contribution in [0, 0.1) is 5.41 Å². The van der Waals surface area contributed by atoms with E-state index in [4.69, 9.17) is 4.74 Å². The normalized spacial score (nSPS) is 20.6. The molecule has 1 aliphatic carbocycles. The number of carbonyl (C=O) groups excluding carboxylic acids is 1. The number of rotatable bonds is 4. The average Bonchev–Trinajstić information content (AvgIpc) is 2.53. The zero-order chi connectivity index (χ0) is 16.4. The Kier molecular flexibility index (Phi) is 4.62. The monoisotopic (exact) mass is 316 g/mol. The molecular weight excluding hydrogens is 288 g/mol. The Morgan fingerprint density at radius 3 is 2.35 bits per heavy atom. The maximum Gasteiger partial charge on any atom is 0.226 e. The third-order valence-electron chi connectivity index (χ3n) is 5.76. The summed E-state index contributed by atoms with van der Waals surface area (Å²) in [4.78, 5) is 16.9. The second-order valence-corrected chi connectivity index (χ2v) is 7.43. The highest BCUT2D eigenvalue weighted by atomic mass is 16.5. The lowest BCUT2D eigenvalue weighted by atomic mass is 9.60. The molecular formula is C19H28N2O2. The van der Waals surface area contributed by atoms with Gasteiger partial charge in [-0.15, -0.1) is 0 Å². The lowest BCUT2D eigenvalue weighted by Crippen LogP contribution is -2.54. The highest BCUT2D eigenvalue weighted by Gasteiger charge is 2.46. The third-order valence-corrected chi connectivity index (χ3v) is 5.76. The minimum Gasteiger partial charge on any atom is -0.497 e. The van der Waals surface area contributed by atoms with Crippen LogP contribution in [0.1, 0.15) is 31.2 Å². The van der Waals surface area contributed by atoms with Crippen LogP contribution in [0.3, 0.4) is 0 Å². The van der Waals surface area contributed by atoms with E-state index in [9.17, 15) is 4.79 Å². The molecule has 0 atom stereocenters. The lowest BCUT2D eigenvalue weighted by molar-refractivity contribution is -0.134. The second-order valence-electron chi connectivity index (χ2n) is 7.43. The highest BCUT2D eigenvalue weighted by molar-refractivity contribution is 5.78. The summed E-state index contributed by atoms with van der Waals surface area (Å²) in [5.74, 6) is 1.09.